The summed E-state index contributed by atoms with van der Waals surface area (Å²) in [5.74, 6) is 1.54. The highest BCUT2D eigenvalue weighted by Crippen LogP contribution is 2.44. The highest BCUT2D eigenvalue weighted by Gasteiger charge is 2.42. The average molecular weight is 252 g/mol. The maximum Gasteiger partial charge on any atom is 0.113 e. The van der Waals surface area contributed by atoms with E-state index in [-0.39, 0.29) is 5.54 Å². The largest absolute Gasteiger partial charge is 0.305 e. The second kappa shape index (κ2) is 5.07. The highest BCUT2D eigenvalue weighted by atomic mass is 32.1. The van der Waals surface area contributed by atoms with Crippen molar-refractivity contribution in [3.63, 3.8) is 0 Å². The van der Waals surface area contributed by atoms with E-state index in [2.05, 4.69) is 38.4 Å². The quantitative estimate of drug-likeness (QED) is 0.887. The van der Waals surface area contributed by atoms with Gasteiger partial charge in [-0.05, 0) is 44.6 Å². The fourth-order valence-electron chi connectivity index (χ4n) is 3.17. The molecule has 0 aliphatic heterocycles. The standard InChI is InChI=1S/C14H24N2S/c1-5-15-14(13-16-12(4)9-17-13)7-6-10(2)8-11(14)3/h9-11,15H,5-8H2,1-4H3. The summed E-state index contributed by atoms with van der Waals surface area (Å²) < 4.78 is 0. The van der Waals surface area contributed by atoms with Gasteiger partial charge in [0, 0.05) is 11.1 Å². The third kappa shape index (κ3) is 2.41. The number of hydrogen-bond donors (Lipinski definition) is 1. The molecule has 3 heteroatoms. The van der Waals surface area contributed by atoms with Crippen LogP contribution in [0, 0.1) is 18.8 Å². The molecule has 0 saturated heterocycles. The Labute approximate surface area is 109 Å². The predicted octanol–water partition coefficient (Wildman–Crippen LogP) is 3.71. The van der Waals surface area contributed by atoms with Crippen molar-refractivity contribution in [3.8, 4) is 0 Å². The molecule has 3 unspecified atom stereocenters. The zero-order valence-corrected chi connectivity index (χ0v) is 12.2. The zero-order chi connectivity index (χ0) is 12.5. The van der Waals surface area contributed by atoms with Crippen molar-refractivity contribution >= 4 is 11.3 Å². The van der Waals surface area contributed by atoms with Gasteiger partial charge >= 0.3 is 0 Å². The normalized spacial score (nSPS) is 33.9. The summed E-state index contributed by atoms with van der Waals surface area (Å²) in [6.45, 7) is 10.1. The van der Waals surface area contributed by atoms with Crippen LogP contribution in [0.4, 0.5) is 0 Å². The SMILES string of the molecule is CCNC1(c2nc(C)cs2)CCC(C)CC1C. The molecular formula is C14H24N2S. The van der Waals surface area contributed by atoms with E-state index in [1.807, 2.05) is 11.3 Å². The summed E-state index contributed by atoms with van der Waals surface area (Å²) in [6.07, 6.45) is 3.86. The molecule has 3 atom stereocenters. The Morgan fingerprint density at radius 1 is 1.53 bits per heavy atom. The molecule has 0 aromatic carbocycles. The Hall–Kier alpha value is -0.410. The molecule has 2 rings (SSSR count). The molecule has 1 heterocycles. The van der Waals surface area contributed by atoms with E-state index in [0.717, 1.165) is 18.2 Å². The molecule has 1 aromatic heterocycles. The van der Waals surface area contributed by atoms with Crippen LogP contribution in [0.1, 0.15) is 50.7 Å². The molecule has 1 aliphatic rings. The molecular weight excluding hydrogens is 228 g/mol. The molecule has 2 nitrogen and oxygen atoms in total. The van der Waals surface area contributed by atoms with Gasteiger partial charge in [-0.25, -0.2) is 4.98 Å². The van der Waals surface area contributed by atoms with Gasteiger partial charge in [0.25, 0.3) is 0 Å². The monoisotopic (exact) mass is 252 g/mol. The van der Waals surface area contributed by atoms with Crippen molar-refractivity contribution in [2.75, 3.05) is 6.54 Å². The maximum atomic E-state index is 4.76. The summed E-state index contributed by atoms with van der Waals surface area (Å²) in [5, 5.41) is 7.23. The third-order valence-electron chi connectivity index (χ3n) is 4.12. The number of aryl methyl sites for hydroxylation is 1. The second-order valence-electron chi connectivity index (χ2n) is 5.58. The topological polar surface area (TPSA) is 24.9 Å². The molecule has 1 aromatic rings. The summed E-state index contributed by atoms with van der Waals surface area (Å²) in [5.41, 5.74) is 1.30. The van der Waals surface area contributed by atoms with E-state index in [1.54, 1.807) is 0 Å². The Morgan fingerprint density at radius 3 is 2.82 bits per heavy atom. The summed E-state index contributed by atoms with van der Waals surface area (Å²) in [7, 11) is 0. The first-order valence-corrected chi connectivity index (χ1v) is 7.64. The van der Waals surface area contributed by atoms with Gasteiger partial charge in [-0.2, -0.15) is 0 Å². The molecule has 0 amide bonds. The fraction of sp³-hybridized carbons (Fsp3) is 0.786. The van der Waals surface area contributed by atoms with Gasteiger partial charge in [0.15, 0.2) is 0 Å². The van der Waals surface area contributed by atoms with E-state index >= 15 is 0 Å². The maximum absolute atomic E-state index is 4.76. The Kier molecular flexibility index (Phi) is 3.88. The van der Waals surface area contributed by atoms with Crippen molar-refractivity contribution in [3.05, 3.63) is 16.1 Å². The van der Waals surface area contributed by atoms with Gasteiger partial charge < -0.3 is 5.32 Å². The average Bonchev–Trinajstić information content (AvgIpc) is 2.70. The lowest BCUT2D eigenvalue weighted by molar-refractivity contribution is 0.123. The highest BCUT2D eigenvalue weighted by molar-refractivity contribution is 7.09. The number of nitrogens with one attached hydrogen (secondary N) is 1. The zero-order valence-electron chi connectivity index (χ0n) is 11.4. The second-order valence-corrected chi connectivity index (χ2v) is 6.43. The summed E-state index contributed by atoms with van der Waals surface area (Å²) in [6, 6.07) is 0. The van der Waals surface area contributed by atoms with Gasteiger partial charge in [0.05, 0.1) is 5.54 Å². The van der Waals surface area contributed by atoms with Gasteiger partial charge in [0.1, 0.15) is 5.01 Å². The molecule has 1 N–H and O–H groups in total. The number of aromatic nitrogens is 1. The van der Waals surface area contributed by atoms with Crippen LogP contribution in [0.15, 0.2) is 5.38 Å². The Bertz CT molecular complexity index is 374. The number of rotatable bonds is 3. The Balaban J connectivity index is 2.32. The minimum Gasteiger partial charge on any atom is -0.305 e. The van der Waals surface area contributed by atoms with Gasteiger partial charge in [0.2, 0.25) is 0 Å². The van der Waals surface area contributed by atoms with Crippen LogP contribution in [0.3, 0.4) is 0 Å². The van der Waals surface area contributed by atoms with Crippen LogP contribution in [-0.2, 0) is 5.54 Å². The van der Waals surface area contributed by atoms with E-state index in [9.17, 15) is 0 Å². The summed E-state index contributed by atoms with van der Waals surface area (Å²) in [4.78, 5) is 4.76. The van der Waals surface area contributed by atoms with Crippen LogP contribution in [0.25, 0.3) is 0 Å². The first-order valence-electron chi connectivity index (χ1n) is 6.76. The van der Waals surface area contributed by atoms with Crippen LogP contribution in [-0.4, -0.2) is 11.5 Å². The lowest BCUT2D eigenvalue weighted by Crippen LogP contribution is -2.50. The first kappa shape index (κ1) is 13.0. The molecule has 0 bridgehead atoms. The Morgan fingerprint density at radius 2 is 2.29 bits per heavy atom. The minimum absolute atomic E-state index is 0.139. The third-order valence-corrected chi connectivity index (χ3v) is 5.26. The van der Waals surface area contributed by atoms with E-state index in [0.29, 0.717) is 5.92 Å². The first-order chi connectivity index (χ1) is 8.08. The smallest absolute Gasteiger partial charge is 0.113 e. The molecule has 96 valence electrons. The van der Waals surface area contributed by atoms with Crippen LogP contribution in [0.2, 0.25) is 0 Å². The molecule has 1 fully saturated rings. The number of hydrogen-bond acceptors (Lipinski definition) is 3. The lowest BCUT2D eigenvalue weighted by Gasteiger charge is -2.44. The lowest BCUT2D eigenvalue weighted by atomic mass is 9.70. The van der Waals surface area contributed by atoms with E-state index in [1.165, 1.54) is 24.3 Å². The van der Waals surface area contributed by atoms with Crippen molar-refractivity contribution in [2.45, 2.75) is 52.5 Å². The van der Waals surface area contributed by atoms with Gasteiger partial charge in [-0.3, -0.25) is 0 Å². The molecule has 1 aliphatic carbocycles. The van der Waals surface area contributed by atoms with Gasteiger partial charge in [-0.1, -0.05) is 20.8 Å². The van der Waals surface area contributed by atoms with Crippen LogP contribution >= 0.6 is 11.3 Å². The van der Waals surface area contributed by atoms with Crippen LogP contribution in [0.5, 0.6) is 0 Å². The van der Waals surface area contributed by atoms with E-state index < -0.39 is 0 Å². The van der Waals surface area contributed by atoms with Crippen molar-refractivity contribution < 1.29 is 0 Å². The molecule has 17 heavy (non-hydrogen) atoms. The van der Waals surface area contributed by atoms with Crippen LogP contribution < -0.4 is 5.32 Å². The van der Waals surface area contributed by atoms with Gasteiger partial charge in [-0.15, -0.1) is 11.3 Å². The summed E-state index contributed by atoms with van der Waals surface area (Å²) >= 11 is 1.83. The van der Waals surface area contributed by atoms with Crippen molar-refractivity contribution in [1.29, 1.82) is 0 Å². The number of nitrogens with zero attached hydrogens (tertiary/aromatic N) is 1. The molecule has 0 spiro atoms. The predicted molar refractivity (Wildman–Crippen MR) is 74.4 cm³/mol. The fourth-order valence-corrected chi connectivity index (χ4v) is 4.29. The minimum atomic E-state index is 0.139. The molecule has 1 saturated carbocycles. The van der Waals surface area contributed by atoms with E-state index in [4.69, 9.17) is 4.98 Å². The number of thiazole rings is 1. The molecule has 0 radical (unpaired) electrons. The van der Waals surface area contributed by atoms with Crippen molar-refractivity contribution in [2.24, 2.45) is 11.8 Å². The van der Waals surface area contributed by atoms with Crippen molar-refractivity contribution in [1.82, 2.24) is 10.3 Å².